The molecule has 2 aromatic carbocycles. The third kappa shape index (κ3) is 4.71. The molecule has 0 saturated carbocycles. The van der Waals surface area contributed by atoms with Gasteiger partial charge in [0.1, 0.15) is 6.04 Å². The minimum absolute atomic E-state index is 0.0204. The number of carbonyl (C=O) groups excluding carboxylic acids is 1. The Bertz CT molecular complexity index is 593. The topological polar surface area (TPSA) is 55.1 Å². The zero-order chi connectivity index (χ0) is 16.0. The smallest absolute Gasteiger partial charge is 0.241 e. The van der Waals surface area contributed by atoms with E-state index in [0.717, 1.165) is 12.0 Å². The summed E-state index contributed by atoms with van der Waals surface area (Å²) in [7, 11) is 0. The molecule has 0 saturated heterocycles. The van der Waals surface area contributed by atoms with Crippen LogP contribution in [0.3, 0.4) is 0 Å². The molecule has 0 fully saturated rings. The van der Waals surface area contributed by atoms with Crippen molar-refractivity contribution in [1.82, 2.24) is 5.32 Å². The molecule has 0 radical (unpaired) electrons. The largest absolute Gasteiger partial charge is 0.354 e. The van der Waals surface area contributed by atoms with E-state index in [1.807, 2.05) is 48.5 Å². The highest BCUT2D eigenvalue weighted by atomic mass is 16.2. The molecule has 0 aromatic heterocycles. The highest BCUT2D eigenvalue weighted by Crippen LogP contribution is 2.21. The van der Waals surface area contributed by atoms with Crippen molar-refractivity contribution in [3.63, 3.8) is 0 Å². The predicted molar refractivity (Wildman–Crippen MR) is 90.3 cm³/mol. The second-order valence-electron chi connectivity index (χ2n) is 6.43. The highest BCUT2D eigenvalue weighted by molar-refractivity contribution is 5.82. The van der Waals surface area contributed by atoms with E-state index in [0.29, 0.717) is 6.54 Å². The van der Waals surface area contributed by atoms with Crippen LogP contribution in [0.25, 0.3) is 0 Å². The molecular formula is C19H24N2O. The van der Waals surface area contributed by atoms with E-state index in [4.69, 9.17) is 5.73 Å². The standard InChI is InChI=1S/C19H24N2O/c1-19(2,13-15-9-5-3-6-10-15)14-21-18(22)17(20)16-11-7-4-8-12-16/h3-12,17H,13-14,20H2,1-2H3,(H,21,22). The Hall–Kier alpha value is -2.13. The lowest BCUT2D eigenvalue weighted by Gasteiger charge is -2.26. The number of hydrogen-bond donors (Lipinski definition) is 2. The van der Waals surface area contributed by atoms with Gasteiger partial charge in [0.2, 0.25) is 5.91 Å². The zero-order valence-corrected chi connectivity index (χ0v) is 13.3. The van der Waals surface area contributed by atoms with Crippen molar-refractivity contribution < 1.29 is 4.79 Å². The van der Waals surface area contributed by atoms with Crippen LogP contribution in [-0.2, 0) is 11.2 Å². The Kier molecular flexibility index (Phi) is 5.34. The van der Waals surface area contributed by atoms with Crippen LogP contribution in [0.15, 0.2) is 60.7 Å². The number of hydrogen-bond acceptors (Lipinski definition) is 2. The Morgan fingerprint density at radius 3 is 2.18 bits per heavy atom. The zero-order valence-electron chi connectivity index (χ0n) is 13.3. The Morgan fingerprint density at radius 1 is 1.05 bits per heavy atom. The van der Waals surface area contributed by atoms with Crippen molar-refractivity contribution in [1.29, 1.82) is 0 Å². The van der Waals surface area contributed by atoms with Gasteiger partial charge in [0.05, 0.1) is 0 Å². The second kappa shape index (κ2) is 7.23. The fourth-order valence-corrected chi connectivity index (χ4v) is 2.46. The lowest BCUT2D eigenvalue weighted by molar-refractivity contribution is -0.122. The normalized spacial score (nSPS) is 12.7. The molecule has 0 heterocycles. The Morgan fingerprint density at radius 2 is 1.59 bits per heavy atom. The molecule has 3 heteroatoms. The first kappa shape index (κ1) is 16.2. The number of nitrogens with one attached hydrogen (secondary N) is 1. The van der Waals surface area contributed by atoms with Gasteiger partial charge in [-0.1, -0.05) is 74.5 Å². The summed E-state index contributed by atoms with van der Waals surface area (Å²) >= 11 is 0. The van der Waals surface area contributed by atoms with Gasteiger partial charge >= 0.3 is 0 Å². The van der Waals surface area contributed by atoms with Gasteiger partial charge in [-0.15, -0.1) is 0 Å². The molecule has 0 aliphatic heterocycles. The maximum Gasteiger partial charge on any atom is 0.241 e. The molecule has 1 amide bonds. The van der Waals surface area contributed by atoms with E-state index >= 15 is 0 Å². The van der Waals surface area contributed by atoms with E-state index in [1.165, 1.54) is 5.56 Å². The van der Waals surface area contributed by atoms with Crippen LogP contribution in [0.1, 0.15) is 31.0 Å². The first-order chi connectivity index (χ1) is 10.5. The summed E-state index contributed by atoms with van der Waals surface area (Å²) in [5, 5.41) is 2.98. The Labute approximate surface area is 132 Å². The molecule has 3 N–H and O–H groups in total. The van der Waals surface area contributed by atoms with Gasteiger partial charge in [-0.3, -0.25) is 4.79 Å². The van der Waals surface area contributed by atoms with E-state index in [1.54, 1.807) is 0 Å². The van der Waals surface area contributed by atoms with Crippen LogP contribution in [0.2, 0.25) is 0 Å². The summed E-state index contributed by atoms with van der Waals surface area (Å²) in [6.45, 7) is 4.89. The lowest BCUT2D eigenvalue weighted by Crippen LogP contribution is -2.40. The van der Waals surface area contributed by atoms with Crippen molar-refractivity contribution in [2.24, 2.45) is 11.1 Å². The van der Waals surface area contributed by atoms with Gasteiger partial charge in [0.25, 0.3) is 0 Å². The van der Waals surface area contributed by atoms with Crippen LogP contribution in [-0.4, -0.2) is 12.5 Å². The monoisotopic (exact) mass is 296 g/mol. The van der Waals surface area contributed by atoms with Crippen molar-refractivity contribution >= 4 is 5.91 Å². The van der Waals surface area contributed by atoms with E-state index in [2.05, 4.69) is 31.3 Å². The first-order valence-electron chi connectivity index (χ1n) is 7.60. The number of amides is 1. The number of nitrogens with two attached hydrogens (primary N) is 1. The molecule has 2 aromatic rings. The first-order valence-corrected chi connectivity index (χ1v) is 7.60. The summed E-state index contributed by atoms with van der Waals surface area (Å²) in [6.07, 6.45) is 0.911. The molecule has 3 nitrogen and oxygen atoms in total. The van der Waals surface area contributed by atoms with Gasteiger partial charge in [-0.05, 0) is 23.0 Å². The summed E-state index contributed by atoms with van der Waals surface area (Å²) < 4.78 is 0. The molecule has 1 unspecified atom stereocenters. The third-order valence-electron chi connectivity index (χ3n) is 3.71. The average molecular weight is 296 g/mol. The molecule has 22 heavy (non-hydrogen) atoms. The summed E-state index contributed by atoms with van der Waals surface area (Å²) in [4.78, 5) is 12.2. The van der Waals surface area contributed by atoms with Gasteiger partial charge in [-0.2, -0.15) is 0 Å². The minimum Gasteiger partial charge on any atom is -0.354 e. The fourth-order valence-electron chi connectivity index (χ4n) is 2.46. The molecule has 0 aliphatic rings. The quantitative estimate of drug-likeness (QED) is 0.860. The lowest BCUT2D eigenvalue weighted by atomic mass is 9.85. The molecule has 0 bridgehead atoms. The van der Waals surface area contributed by atoms with E-state index in [9.17, 15) is 4.79 Å². The Balaban J connectivity index is 1.89. The summed E-state index contributed by atoms with van der Waals surface area (Å²) in [5.41, 5.74) is 8.09. The maximum absolute atomic E-state index is 12.2. The number of benzene rings is 2. The van der Waals surface area contributed by atoms with Crippen molar-refractivity contribution in [2.45, 2.75) is 26.3 Å². The maximum atomic E-state index is 12.2. The summed E-state index contributed by atoms with van der Waals surface area (Å²) in [6, 6.07) is 19.1. The minimum atomic E-state index is -0.617. The van der Waals surface area contributed by atoms with E-state index in [-0.39, 0.29) is 11.3 Å². The van der Waals surface area contributed by atoms with E-state index < -0.39 is 6.04 Å². The van der Waals surface area contributed by atoms with Crippen molar-refractivity contribution in [3.8, 4) is 0 Å². The molecule has 1 atom stereocenters. The number of carbonyl (C=O) groups is 1. The van der Waals surface area contributed by atoms with Crippen LogP contribution in [0.4, 0.5) is 0 Å². The van der Waals surface area contributed by atoms with Crippen LogP contribution in [0, 0.1) is 5.41 Å². The average Bonchev–Trinajstić information content (AvgIpc) is 2.53. The molecule has 2 rings (SSSR count). The predicted octanol–water partition coefficient (Wildman–Crippen LogP) is 3.07. The third-order valence-corrected chi connectivity index (χ3v) is 3.71. The SMILES string of the molecule is CC(C)(CNC(=O)C(N)c1ccccc1)Cc1ccccc1. The van der Waals surface area contributed by atoms with Crippen LogP contribution >= 0.6 is 0 Å². The van der Waals surface area contributed by atoms with Gasteiger partial charge in [0, 0.05) is 6.54 Å². The van der Waals surface area contributed by atoms with Gasteiger partial charge in [0.15, 0.2) is 0 Å². The fraction of sp³-hybridized carbons (Fsp3) is 0.316. The van der Waals surface area contributed by atoms with Crippen molar-refractivity contribution in [2.75, 3.05) is 6.54 Å². The van der Waals surface area contributed by atoms with Gasteiger partial charge in [-0.25, -0.2) is 0 Å². The highest BCUT2D eigenvalue weighted by Gasteiger charge is 2.22. The molecule has 0 spiro atoms. The van der Waals surface area contributed by atoms with Gasteiger partial charge < -0.3 is 11.1 Å². The molecule has 0 aliphatic carbocycles. The van der Waals surface area contributed by atoms with Crippen LogP contribution in [0.5, 0.6) is 0 Å². The molecular weight excluding hydrogens is 272 g/mol. The second-order valence-corrected chi connectivity index (χ2v) is 6.43. The molecule has 116 valence electrons. The number of rotatable bonds is 6. The van der Waals surface area contributed by atoms with Crippen LogP contribution < -0.4 is 11.1 Å². The summed E-state index contributed by atoms with van der Waals surface area (Å²) in [5.74, 6) is -0.132. The van der Waals surface area contributed by atoms with Crippen molar-refractivity contribution in [3.05, 3.63) is 71.8 Å².